The van der Waals surface area contributed by atoms with E-state index in [1.54, 1.807) is 0 Å². The van der Waals surface area contributed by atoms with E-state index >= 15 is 0 Å². The molecular weight excluding hydrogens is 208 g/mol. The number of anilines is 1. The first-order chi connectivity index (χ1) is 8.12. The van der Waals surface area contributed by atoms with Crippen LogP contribution in [0.2, 0.25) is 0 Å². The molecule has 0 bridgehead atoms. The van der Waals surface area contributed by atoms with Gasteiger partial charge in [-0.1, -0.05) is 31.5 Å². The summed E-state index contributed by atoms with van der Waals surface area (Å²) in [5.41, 5.74) is 3.03. The fourth-order valence-corrected chi connectivity index (χ4v) is 2.47. The molecule has 0 amide bonds. The lowest BCUT2D eigenvalue weighted by atomic mass is 10.1. The van der Waals surface area contributed by atoms with Crippen molar-refractivity contribution in [2.24, 2.45) is 0 Å². The zero-order chi connectivity index (χ0) is 12.3. The topological polar surface area (TPSA) is 15.3 Å². The molecule has 1 N–H and O–H groups in total. The molecule has 2 rings (SSSR count). The third kappa shape index (κ3) is 3.01. The maximum atomic E-state index is 3.64. The van der Waals surface area contributed by atoms with Crippen molar-refractivity contribution in [3.63, 3.8) is 0 Å². The number of benzene rings is 1. The summed E-state index contributed by atoms with van der Waals surface area (Å²) in [7, 11) is 0. The number of nitrogens with one attached hydrogen (secondary N) is 1. The van der Waals surface area contributed by atoms with E-state index in [0.29, 0.717) is 0 Å². The summed E-state index contributed by atoms with van der Waals surface area (Å²) in [5, 5.41) is 3.64. The number of hydrogen-bond donors (Lipinski definition) is 1. The molecule has 1 aliphatic rings. The molecule has 2 heteroatoms. The van der Waals surface area contributed by atoms with E-state index in [9.17, 15) is 0 Å². The minimum atomic E-state index is 0.187. The number of rotatable bonds is 3. The molecule has 1 aromatic rings. The second-order valence-electron chi connectivity index (χ2n) is 5.64. The Morgan fingerprint density at radius 3 is 2.82 bits per heavy atom. The fraction of sp³-hybridized carbons (Fsp3) is 0.600. The number of unbranched alkanes of at least 4 members (excludes halogenated alkanes) is 1. The summed E-state index contributed by atoms with van der Waals surface area (Å²) >= 11 is 0. The lowest BCUT2D eigenvalue weighted by Gasteiger charge is -2.32. The zero-order valence-electron chi connectivity index (χ0n) is 11.3. The molecule has 0 atom stereocenters. The molecule has 2 nitrogen and oxygen atoms in total. The number of fused-ring (bicyclic) bond motifs is 1. The van der Waals surface area contributed by atoms with Gasteiger partial charge in [-0.05, 0) is 31.9 Å². The van der Waals surface area contributed by atoms with E-state index in [4.69, 9.17) is 0 Å². The molecule has 0 radical (unpaired) electrons. The van der Waals surface area contributed by atoms with Crippen molar-refractivity contribution in [1.29, 1.82) is 0 Å². The third-order valence-corrected chi connectivity index (χ3v) is 3.46. The Balaban J connectivity index is 2.26. The number of hydrogen-bond acceptors (Lipinski definition) is 2. The summed E-state index contributed by atoms with van der Waals surface area (Å²) in [6.45, 7) is 10.1. The van der Waals surface area contributed by atoms with Crippen LogP contribution in [-0.4, -0.2) is 18.6 Å². The summed E-state index contributed by atoms with van der Waals surface area (Å²) in [6.07, 6.45) is 2.52. The molecule has 0 aromatic heterocycles. The van der Waals surface area contributed by atoms with Crippen LogP contribution >= 0.6 is 0 Å². The van der Waals surface area contributed by atoms with Crippen LogP contribution in [0.3, 0.4) is 0 Å². The van der Waals surface area contributed by atoms with Crippen molar-refractivity contribution in [2.45, 2.75) is 45.7 Å². The summed E-state index contributed by atoms with van der Waals surface area (Å²) in [4.78, 5) is 2.54. The van der Waals surface area contributed by atoms with Gasteiger partial charge in [0, 0.05) is 30.9 Å². The molecule has 0 spiro atoms. The van der Waals surface area contributed by atoms with Crippen molar-refractivity contribution in [2.75, 3.05) is 18.0 Å². The Morgan fingerprint density at radius 1 is 1.29 bits per heavy atom. The van der Waals surface area contributed by atoms with E-state index in [-0.39, 0.29) is 5.54 Å². The van der Waals surface area contributed by atoms with Gasteiger partial charge in [0.2, 0.25) is 0 Å². The van der Waals surface area contributed by atoms with Crippen molar-refractivity contribution < 1.29 is 0 Å². The van der Waals surface area contributed by atoms with Crippen LogP contribution in [0.1, 0.15) is 39.2 Å². The maximum Gasteiger partial charge on any atom is 0.0412 e. The van der Waals surface area contributed by atoms with E-state index in [2.05, 4.69) is 55.3 Å². The van der Waals surface area contributed by atoms with Gasteiger partial charge in [-0.15, -0.1) is 0 Å². The van der Waals surface area contributed by atoms with Crippen LogP contribution in [0.5, 0.6) is 0 Å². The molecule has 0 aliphatic carbocycles. The second-order valence-corrected chi connectivity index (χ2v) is 5.64. The Kier molecular flexibility index (Phi) is 3.72. The highest BCUT2D eigenvalue weighted by Crippen LogP contribution is 2.26. The fourth-order valence-electron chi connectivity index (χ4n) is 2.47. The van der Waals surface area contributed by atoms with Gasteiger partial charge in [-0.3, -0.25) is 0 Å². The Labute approximate surface area is 105 Å². The van der Waals surface area contributed by atoms with E-state index in [0.717, 1.165) is 13.1 Å². The molecule has 94 valence electrons. The largest absolute Gasteiger partial charge is 0.369 e. The van der Waals surface area contributed by atoms with Gasteiger partial charge in [0.05, 0.1) is 0 Å². The van der Waals surface area contributed by atoms with Crippen LogP contribution in [-0.2, 0) is 6.54 Å². The minimum Gasteiger partial charge on any atom is -0.369 e. The predicted octanol–water partition coefficient (Wildman–Crippen LogP) is 3.17. The molecule has 1 aliphatic heterocycles. The molecule has 0 saturated heterocycles. The quantitative estimate of drug-likeness (QED) is 0.861. The minimum absolute atomic E-state index is 0.187. The van der Waals surface area contributed by atoms with Gasteiger partial charge >= 0.3 is 0 Å². The highest BCUT2D eigenvalue weighted by atomic mass is 15.2. The lowest BCUT2D eigenvalue weighted by Crippen LogP contribution is -2.47. The smallest absolute Gasteiger partial charge is 0.0412 e. The first-order valence-corrected chi connectivity index (χ1v) is 6.70. The Bertz CT molecular complexity index is 371. The average molecular weight is 232 g/mol. The zero-order valence-corrected chi connectivity index (χ0v) is 11.3. The van der Waals surface area contributed by atoms with Gasteiger partial charge in [-0.25, -0.2) is 0 Å². The first-order valence-electron chi connectivity index (χ1n) is 6.70. The second kappa shape index (κ2) is 5.09. The van der Waals surface area contributed by atoms with E-state index in [1.165, 1.54) is 30.6 Å². The Hall–Kier alpha value is -1.02. The molecule has 0 unspecified atom stereocenters. The van der Waals surface area contributed by atoms with Crippen molar-refractivity contribution >= 4 is 5.69 Å². The van der Waals surface area contributed by atoms with Crippen LogP contribution < -0.4 is 10.2 Å². The summed E-state index contributed by atoms with van der Waals surface area (Å²) in [6, 6.07) is 8.78. The third-order valence-electron chi connectivity index (χ3n) is 3.46. The lowest BCUT2D eigenvalue weighted by molar-refractivity contribution is 0.394. The first kappa shape index (κ1) is 12.4. The average Bonchev–Trinajstić information content (AvgIpc) is 2.44. The van der Waals surface area contributed by atoms with Crippen LogP contribution in [0.25, 0.3) is 0 Å². The molecular formula is C15H24N2. The van der Waals surface area contributed by atoms with Crippen molar-refractivity contribution in [3.8, 4) is 0 Å². The standard InChI is InChI=1S/C15H24N2/c1-4-5-10-17-12-15(2,3)16-11-13-8-6-7-9-14(13)17/h6-9,16H,4-5,10-12H2,1-3H3. The van der Waals surface area contributed by atoms with Gasteiger partial charge in [-0.2, -0.15) is 0 Å². The van der Waals surface area contributed by atoms with E-state index < -0.39 is 0 Å². The predicted molar refractivity (Wildman–Crippen MR) is 74.5 cm³/mol. The molecule has 1 heterocycles. The van der Waals surface area contributed by atoms with Gasteiger partial charge < -0.3 is 10.2 Å². The van der Waals surface area contributed by atoms with Gasteiger partial charge in [0.1, 0.15) is 0 Å². The molecule has 1 aromatic carbocycles. The van der Waals surface area contributed by atoms with Gasteiger partial charge in [0.15, 0.2) is 0 Å². The highest BCUT2D eigenvalue weighted by molar-refractivity contribution is 5.54. The molecule has 0 fully saturated rings. The van der Waals surface area contributed by atoms with E-state index in [1.807, 2.05) is 0 Å². The Morgan fingerprint density at radius 2 is 2.06 bits per heavy atom. The van der Waals surface area contributed by atoms with Crippen molar-refractivity contribution in [3.05, 3.63) is 29.8 Å². The van der Waals surface area contributed by atoms with Crippen molar-refractivity contribution in [1.82, 2.24) is 5.32 Å². The summed E-state index contributed by atoms with van der Waals surface area (Å²) in [5.74, 6) is 0. The van der Waals surface area contributed by atoms with Crippen LogP contribution in [0, 0.1) is 0 Å². The number of nitrogens with zero attached hydrogens (tertiary/aromatic N) is 1. The SMILES string of the molecule is CCCCN1CC(C)(C)NCc2ccccc21. The normalized spacial score (nSPS) is 18.6. The molecule has 0 saturated carbocycles. The van der Waals surface area contributed by atoms with Gasteiger partial charge in [0.25, 0.3) is 0 Å². The summed E-state index contributed by atoms with van der Waals surface area (Å²) < 4.78 is 0. The number of para-hydroxylation sites is 1. The monoisotopic (exact) mass is 232 g/mol. The highest BCUT2D eigenvalue weighted by Gasteiger charge is 2.25. The van der Waals surface area contributed by atoms with Crippen LogP contribution in [0.4, 0.5) is 5.69 Å². The maximum absolute atomic E-state index is 3.64. The van der Waals surface area contributed by atoms with Crippen LogP contribution in [0.15, 0.2) is 24.3 Å². The molecule has 17 heavy (non-hydrogen) atoms.